The molecular weight excluding hydrogens is 286 g/mol. The fourth-order valence-corrected chi connectivity index (χ4v) is 2.23. The molecule has 0 amide bonds. The van der Waals surface area contributed by atoms with Gasteiger partial charge in [0.1, 0.15) is 17.8 Å². The van der Waals surface area contributed by atoms with E-state index in [-0.39, 0.29) is 22.6 Å². The number of rotatable bonds is 3. The third-order valence-corrected chi connectivity index (χ3v) is 3.40. The summed E-state index contributed by atoms with van der Waals surface area (Å²) in [6.07, 6.45) is 2.42. The number of fused-ring (bicyclic) bond motifs is 1. The molecular formula is C16H11NO5. The Bertz CT molecular complexity index is 827. The largest absolute Gasteiger partial charge is 0.497 e. The highest BCUT2D eigenvalue weighted by molar-refractivity contribution is 6.52. The molecule has 110 valence electrons. The summed E-state index contributed by atoms with van der Waals surface area (Å²) in [7, 11) is 1.52. The molecule has 1 aliphatic rings. The van der Waals surface area contributed by atoms with Crippen LogP contribution in [0.25, 0.3) is 6.08 Å². The lowest BCUT2D eigenvalue weighted by atomic mass is 9.92. The molecule has 22 heavy (non-hydrogen) atoms. The third-order valence-electron chi connectivity index (χ3n) is 3.40. The molecule has 0 radical (unpaired) electrons. The van der Waals surface area contributed by atoms with Crippen LogP contribution in [0, 0.1) is 0 Å². The topological polar surface area (TPSA) is 99.6 Å². The molecule has 0 spiro atoms. The van der Waals surface area contributed by atoms with E-state index in [1.807, 2.05) is 0 Å². The number of hydrogen-bond acceptors (Lipinski definition) is 6. The van der Waals surface area contributed by atoms with E-state index in [0.717, 1.165) is 6.26 Å². The van der Waals surface area contributed by atoms with Crippen LogP contribution in [0.1, 0.15) is 32.0 Å². The molecule has 0 aliphatic heterocycles. The first-order valence-electron chi connectivity index (χ1n) is 6.39. The van der Waals surface area contributed by atoms with Gasteiger partial charge in [0.15, 0.2) is 5.78 Å². The fourth-order valence-electron chi connectivity index (χ4n) is 2.23. The zero-order chi connectivity index (χ0) is 15.9. The first-order chi connectivity index (χ1) is 10.5. The molecule has 0 saturated heterocycles. The van der Waals surface area contributed by atoms with Crippen molar-refractivity contribution in [3.05, 3.63) is 58.7 Å². The molecule has 0 fully saturated rings. The molecule has 1 aromatic heterocycles. The second-order valence-corrected chi connectivity index (χ2v) is 4.70. The van der Waals surface area contributed by atoms with Gasteiger partial charge in [0, 0.05) is 11.6 Å². The maximum Gasteiger partial charge on any atom is 0.249 e. The van der Waals surface area contributed by atoms with E-state index in [0.29, 0.717) is 11.3 Å². The summed E-state index contributed by atoms with van der Waals surface area (Å²) in [6, 6.07) is 6.40. The normalized spacial score (nSPS) is 13.6. The van der Waals surface area contributed by atoms with Crippen LogP contribution in [0.4, 0.5) is 0 Å². The molecule has 6 nitrogen and oxygen atoms in total. The van der Waals surface area contributed by atoms with E-state index >= 15 is 0 Å². The van der Waals surface area contributed by atoms with Gasteiger partial charge in [-0.05, 0) is 24.3 Å². The van der Waals surface area contributed by atoms with Crippen molar-refractivity contribution in [2.24, 2.45) is 5.73 Å². The van der Waals surface area contributed by atoms with Crippen LogP contribution in [-0.2, 0) is 4.79 Å². The summed E-state index contributed by atoms with van der Waals surface area (Å²) in [6.45, 7) is 0. The Kier molecular flexibility index (Phi) is 3.14. The summed E-state index contributed by atoms with van der Waals surface area (Å²) in [5.74, 6) is -1.35. The predicted octanol–water partition coefficient (Wildman–Crippen LogP) is 1.58. The number of ketones is 3. The predicted molar refractivity (Wildman–Crippen MR) is 76.6 cm³/mol. The molecule has 6 heteroatoms. The Morgan fingerprint density at radius 3 is 2.45 bits per heavy atom. The molecule has 1 aliphatic carbocycles. The van der Waals surface area contributed by atoms with E-state index in [1.54, 1.807) is 24.3 Å². The van der Waals surface area contributed by atoms with Gasteiger partial charge >= 0.3 is 0 Å². The number of allylic oxidation sites excluding steroid dienone is 1. The number of carbonyl (C=O) groups excluding carboxylic acids is 3. The lowest BCUT2D eigenvalue weighted by Crippen LogP contribution is -2.26. The minimum Gasteiger partial charge on any atom is -0.497 e. The molecule has 2 aromatic rings. The minimum absolute atomic E-state index is 0.0416. The second kappa shape index (κ2) is 5.00. The zero-order valence-electron chi connectivity index (χ0n) is 11.6. The number of carbonyl (C=O) groups is 3. The average molecular weight is 297 g/mol. The van der Waals surface area contributed by atoms with Crippen LogP contribution < -0.4 is 10.5 Å². The second-order valence-electron chi connectivity index (χ2n) is 4.70. The number of furan rings is 1. The number of hydrogen-bond donors (Lipinski definition) is 1. The van der Waals surface area contributed by atoms with Crippen LogP contribution in [0.5, 0.6) is 5.75 Å². The number of Topliss-reactive ketones (excluding diaryl/α,β-unsaturated/α-hetero) is 2. The van der Waals surface area contributed by atoms with Crippen molar-refractivity contribution in [3.8, 4) is 5.75 Å². The van der Waals surface area contributed by atoms with Gasteiger partial charge in [-0.1, -0.05) is 0 Å². The van der Waals surface area contributed by atoms with Crippen LogP contribution >= 0.6 is 0 Å². The molecule has 1 heterocycles. The standard InChI is InChI=1S/C16H11NO5/c1-21-9-4-2-8(3-5-9)14(18)10-7-22-12-6-11(17)15(19)16(20)13(10)12/h2-7H,17H2,1H3. The zero-order valence-corrected chi connectivity index (χ0v) is 11.6. The highest BCUT2D eigenvalue weighted by atomic mass is 16.5. The fraction of sp³-hybridized carbons (Fsp3) is 0.0625. The summed E-state index contributed by atoms with van der Waals surface area (Å²) >= 11 is 0. The van der Waals surface area contributed by atoms with Crippen molar-refractivity contribution in [2.75, 3.05) is 7.11 Å². The number of nitrogens with two attached hydrogens (primary N) is 1. The van der Waals surface area contributed by atoms with Gasteiger partial charge in [0.05, 0.1) is 23.9 Å². The first kappa shape index (κ1) is 13.8. The maximum absolute atomic E-state index is 12.5. The summed E-state index contributed by atoms with van der Waals surface area (Å²) < 4.78 is 10.2. The van der Waals surface area contributed by atoms with E-state index in [9.17, 15) is 14.4 Å². The van der Waals surface area contributed by atoms with Crippen LogP contribution in [0.15, 0.2) is 40.6 Å². The quantitative estimate of drug-likeness (QED) is 0.682. The van der Waals surface area contributed by atoms with Gasteiger partial charge in [-0.3, -0.25) is 14.4 Å². The third kappa shape index (κ3) is 2.01. The average Bonchev–Trinajstić information content (AvgIpc) is 2.96. The Hall–Kier alpha value is -3.15. The van der Waals surface area contributed by atoms with Crippen molar-refractivity contribution in [1.29, 1.82) is 0 Å². The molecule has 3 rings (SSSR count). The van der Waals surface area contributed by atoms with Gasteiger partial charge in [0.2, 0.25) is 11.6 Å². The van der Waals surface area contributed by atoms with Crippen LogP contribution in [-0.4, -0.2) is 24.5 Å². The number of methoxy groups -OCH3 is 1. The van der Waals surface area contributed by atoms with Crippen molar-refractivity contribution in [3.63, 3.8) is 0 Å². The molecule has 0 saturated carbocycles. The minimum atomic E-state index is -0.835. The summed E-state index contributed by atoms with van der Waals surface area (Å²) in [5.41, 5.74) is 5.60. The molecule has 0 atom stereocenters. The number of ether oxygens (including phenoxy) is 1. The van der Waals surface area contributed by atoms with Crippen molar-refractivity contribution in [1.82, 2.24) is 0 Å². The van der Waals surface area contributed by atoms with Crippen molar-refractivity contribution >= 4 is 23.4 Å². The van der Waals surface area contributed by atoms with E-state index in [4.69, 9.17) is 14.9 Å². The molecule has 0 bridgehead atoms. The SMILES string of the molecule is COc1ccc(C(=O)c2coc3c2C(=O)C(=O)C(N)=C3)cc1. The maximum atomic E-state index is 12.5. The number of benzene rings is 1. The Morgan fingerprint density at radius 2 is 1.82 bits per heavy atom. The van der Waals surface area contributed by atoms with Gasteiger partial charge in [-0.2, -0.15) is 0 Å². The molecule has 0 unspecified atom stereocenters. The Balaban J connectivity index is 2.05. The van der Waals surface area contributed by atoms with Crippen molar-refractivity contribution in [2.45, 2.75) is 0 Å². The van der Waals surface area contributed by atoms with Crippen molar-refractivity contribution < 1.29 is 23.5 Å². The smallest absolute Gasteiger partial charge is 0.249 e. The van der Waals surface area contributed by atoms with Gasteiger partial charge in [0.25, 0.3) is 0 Å². The summed E-state index contributed by atoms with van der Waals surface area (Å²) in [5, 5.41) is 0. The summed E-state index contributed by atoms with van der Waals surface area (Å²) in [4.78, 5) is 36.2. The van der Waals surface area contributed by atoms with E-state index in [2.05, 4.69) is 0 Å². The molecule has 1 aromatic carbocycles. The Labute approximate surface area is 125 Å². The lowest BCUT2D eigenvalue weighted by Gasteiger charge is -2.08. The highest BCUT2D eigenvalue weighted by Gasteiger charge is 2.33. The van der Waals surface area contributed by atoms with Gasteiger partial charge in [-0.25, -0.2) is 0 Å². The van der Waals surface area contributed by atoms with E-state index in [1.165, 1.54) is 13.2 Å². The highest BCUT2D eigenvalue weighted by Crippen LogP contribution is 2.27. The van der Waals surface area contributed by atoms with Gasteiger partial charge < -0.3 is 14.9 Å². The van der Waals surface area contributed by atoms with Crippen LogP contribution in [0.3, 0.4) is 0 Å². The lowest BCUT2D eigenvalue weighted by molar-refractivity contribution is -0.111. The van der Waals surface area contributed by atoms with E-state index < -0.39 is 17.3 Å². The molecule has 2 N–H and O–H groups in total. The Morgan fingerprint density at radius 1 is 1.14 bits per heavy atom. The van der Waals surface area contributed by atoms with Crippen LogP contribution in [0.2, 0.25) is 0 Å². The van der Waals surface area contributed by atoms with Gasteiger partial charge in [-0.15, -0.1) is 0 Å². The first-order valence-corrected chi connectivity index (χ1v) is 6.39. The monoisotopic (exact) mass is 297 g/mol.